The molecule has 0 aliphatic rings. The quantitative estimate of drug-likeness (QED) is 0.571. The number of pyridine rings is 1. The molecule has 0 spiro atoms. The highest BCUT2D eigenvalue weighted by molar-refractivity contribution is 6.32. The smallest absolute Gasteiger partial charge is 0.253 e. The number of H-pyrrole nitrogens is 1. The molecule has 0 fully saturated rings. The van der Waals surface area contributed by atoms with Crippen LogP contribution in [0.1, 0.15) is 15.9 Å². The molecule has 0 unspecified atom stereocenters. The Morgan fingerprint density at radius 2 is 1.92 bits per heavy atom. The molecule has 0 bridgehead atoms. The Balaban J connectivity index is 1.51. The minimum Gasteiger partial charge on any atom is -0.348 e. The summed E-state index contributed by atoms with van der Waals surface area (Å²) < 4.78 is 0. The number of carbonyl (C=O) groups excluding carboxylic acids is 1. The Morgan fingerprint density at radius 3 is 2.69 bits per heavy atom. The Hall–Kier alpha value is -3.18. The molecule has 0 atom stereocenters. The number of nitrogens with zero attached hydrogens (tertiary/aromatic N) is 2. The van der Waals surface area contributed by atoms with Crippen molar-refractivity contribution in [3.05, 3.63) is 83.1 Å². The van der Waals surface area contributed by atoms with Gasteiger partial charge in [0.15, 0.2) is 0 Å². The van der Waals surface area contributed by atoms with Crippen molar-refractivity contribution < 1.29 is 4.79 Å². The minimum atomic E-state index is -0.200. The van der Waals surface area contributed by atoms with E-state index in [1.54, 1.807) is 24.5 Å². The molecule has 4 rings (SSSR count). The van der Waals surface area contributed by atoms with Crippen molar-refractivity contribution >= 4 is 28.4 Å². The van der Waals surface area contributed by atoms with Crippen LogP contribution in [-0.4, -0.2) is 21.1 Å². The van der Waals surface area contributed by atoms with Crippen LogP contribution >= 0.6 is 11.6 Å². The van der Waals surface area contributed by atoms with Crippen molar-refractivity contribution in [3.63, 3.8) is 0 Å². The first-order chi connectivity index (χ1) is 12.7. The van der Waals surface area contributed by atoms with E-state index in [1.165, 1.54) is 0 Å². The Morgan fingerprint density at radius 1 is 1.08 bits per heavy atom. The fourth-order valence-electron chi connectivity index (χ4n) is 2.83. The van der Waals surface area contributed by atoms with Crippen molar-refractivity contribution in [2.75, 3.05) is 0 Å². The first-order valence-electron chi connectivity index (χ1n) is 8.12. The van der Waals surface area contributed by atoms with Crippen LogP contribution in [0.3, 0.4) is 0 Å². The number of halogens is 1. The molecule has 0 aliphatic heterocycles. The number of amides is 1. The van der Waals surface area contributed by atoms with E-state index >= 15 is 0 Å². The Labute approximate surface area is 155 Å². The number of carbonyl (C=O) groups is 1. The van der Waals surface area contributed by atoms with Crippen LogP contribution < -0.4 is 5.32 Å². The van der Waals surface area contributed by atoms with Gasteiger partial charge in [0, 0.05) is 29.3 Å². The molecule has 2 aromatic heterocycles. The number of hydrogen-bond donors (Lipinski definition) is 2. The van der Waals surface area contributed by atoms with Crippen LogP contribution in [-0.2, 0) is 6.54 Å². The third-order valence-electron chi connectivity index (χ3n) is 4.13. The van der Waals surface area contributed by atoms with Crippen molar-refractivity contribution in [2.45, 2.75) is 6.54 Å². The third-order valence-corrected chi connectivity index (χ3v) is 4.35. The lowest BCUT2D eigenvalue weighted by atomic mass is 10.1. The molecule has 0 saturated carbocycles. The summed E-state index contributed by atoms with van der Waals surface area (Å²) in [5, 5.41) is 11.2. The molecular formula is C20H15ClN4O. The van der Waals surface area contributed by atoms with Crippen LogP contribution in [0.4, 0.5) is 0 Å². The van der Waals surface area contributed by atoms with E-state index in [4.69, 9.17) is 11.6 Å². The van der Waals surface area contributed by atoms with Crippen molar-refractivity contribution in [2.24, 2.45) is 0 Å². The van der Waals surface area contributed by atoms with E-state index in [1.807, 2.05) is 42.5 Å². The SMILES string of the molecule is O=C(NCc1ccc(-c2ccn[nH]2)cc1)c1cc(Cl)cc2cccnc12. The predicted octanol–water partition coefficient (Wildman–Crippen LogP) is 4.21. The number of rotatable bonds is 4. The number of nitrogens with one attached hydrogen (secondary N) is 2. The highest BCUT2D eigenvalue weighted by Gasteiger charge is 2.12. The van der Waals surface area contributed by atoms with Crippen LogP contribution in [0.25, 0.3) is 22.2 Å². The summed E-state index contributed by atoms with van der Waals surface area (Å²) in [4.78, 5) is 16.9. The number of aromatic amines is 1. The highest BCUT2D eigenvalue weighted by Crippen LogP contribution is 2.22. The lowest BCUT2D eigenvalue weighted by Gasteiger charge is -2.09. The maximum atomic E-state index is 12.6. The van der Waals surface area contributed by atoms with Gasteiger partial charge < -0.3 is 5.32 Å². The highest BCUT2D eigenvalue weighted by atomic mass is 35.5. The lowest BCUT2D eigenvalue weighted by Crippen LogP contribution is -2.23. The Kier molecular flexibility index (Phi) is 4.37. The lowest BCUT2D eigenvalue weighted by molar-refractivity contribution is 0.0952. The predicted molar refractivity (Wildman–Crippen MR) is 102 cm³/mol. The van der Waals surface area contributed by atoms with Gasteiger partial charge in [-0.05, 0) is 35.4 Å². The number of hydrogen-bond acceptors (Lipinski definition) is 3. The molecule has 2 aromatic carbocycles. The summed E-state index contributed by atoms with van der Waals surface area (Å²) in [6.45, 7) is 0.420. The van der Waals surface area contributed by atoms with Crippen molar-refractivity contribution in [1.29, 1.82) is 0 Å². The van der Waals surface area contributed by atoms with Gasteiger partial charge in [-0.1, -0.05) is 41.9 Å². The molecule has 5 nitrogen and oxygen atoms in total. The maximum Gasteiger partial charge on any atom is 0.253 e. The number of fused-ring (bicyclic) bond motifs is 1. The molecule has 128 valence electrons. The van der Waals surface area contributed by atoms with E-state index in [0.717, 1.165) is 22.2 Å². The van der Waals surface area contributed by atoms with Gasteiger partial charge in [-0.2, -0.15) is 5.10 Å². The zero-order valence-corrected chi connectivity index (χ0v) is 14.5. The molecule has 2 N–H and O–H groups in total. The van der Waals surface area contributed by atoms with Crippen LogP contribution in [0.5, 0.6) is 0 Å². The first kappa shape index (κ1) is 16.3. The molecule has 1 amide bonds. The molecule has 0 saturated heterocycles. The molecule has 2 heterocycles. The molecule has 6 heteroatoms. The van der Waals surface area contributed by atoms with Gasteiger partial charge in [0.05, 0.1) is 16.8 Å². The normalized spacial score (nSPS) is 10.8. The average Bonchev–Trinajstić information content (AvgIpc) is 3.20. The summed E-state index contributed by atoms with van der Waals surface area (Å²) in [6, 6.07) is 17.0. The van der Waals surface area contributed by atoms with E-state index < -0.39 is 0 Å². The zero-order chi connectivity index (χ0) is 17.9. The first-order valence-corrected chi connectivity index (χ1v) is 8.50. The van der Waals surface area contributed by atoms with Crippen LogP contribution in [0, 0.1) is 0 Å². The molecule has 26 heavy (non-hydrogen) atoms. The van der Waals surface area contributed by atoms with Gasteiger partial charge in [-0.15, -0.1) is 0 Å². The summed E-state index contributed by atoms with van der Waals surface area (Å²) in [7, 11) is 0. The molecular weight excluding hydrogens is 348 g/mol. The van der Waals surface area contributed by atoms with Gasteiger partial charge >= 0.3 is 0 Å². The topological polar surface area (TPSA) is 70.7 Å². The summed E-state index contributed by atoms with van der Waals surface area (Å²) in [6.07, 6.45) is 3.38. The van der Waals surface area contributed by atoms with Gasteiger partial charge in [0.2, 0.25) is 0 Å². The molecule has 0 radical (unpaired) electrons. The summed E-state index contributed by atoms with van der Waals surface area (Å²) >= 11 is 6.14. The van der Waals surface area contributed by atoms with E-state index in [-0.39, 0.29) is 5.91 Å². The average molecular weight is 363 g/mol. The third kappa shape index (κ3) is 3.30. The van der Waals surface area contributed by atoms with Crippen LogP contribution in [0.15, 0.2) is 67.0 Å². The minimum absolute atomic E-state index is 0.200. The Bertz CT molecular complexity index is 1060. The van der Waals surface area contributed by atoms with E-state index in [0.29, 0.717) is 22.6 Å². The van der Waals surface area contributed by atoms with Crippen molar-refractivity contribution in [1.82, 2.24) is 20.5 Å². The second-order valence-electron chi connectivity index (χ2n) is 5.88. The van der Waals surface area contributed by atoms with Crippen molar-refractivity contribution in [3.8, 4) is 11.3 Å². The van der Waals surface area contributed by atoms with Gasteiger partial charge in [-0.25, -0.2) is 0 Å². The molecule has 0 aliphatic carbocycles. The second-order valence-corrected chi connectivity index (χ2v) is 6.31. The monoisotopic (exact) mass is 362 g/mol. The number of benzene rings is 2. The number of aromatic nitrogens is 3. The van der Waals surface area contributed by atoms with Gasteiger partial charge in [0.1, 0.15) is 0 Å². The van der Waals surface area contributed by atoms with E-state index in [2.05, 4.69) is 20.5 Å². The molecule has 4 aromatic rings. The zero-order valence-electron chi connectivity index (χ0n) is 13.7. The van der Waals surface area contributed by atoms with Gasteiger partial charge in [0.25, 0.3) is 5.91 Å². The van der Waals surface area contributed by atoms with Gasteiger partial charge in [-0.3, -0.25) is 14.9 Å². The standard InChI is InChI=1S/C20H15ClN4O/c21-16-10-15-2-1-8-22-19(15)17(11-16)20(26)23-12-13-3-5-14(6-4-13)18-7-9-24-25-18/h1-11H,12H2,(H,23,26)(H,24,25). The summed E-state index contributed by atoms with van der Waals surface area (Å²) in [5.74, 6) is -0.200. The largest absolute Gasteiger partial charge is 0.348 e. The maximum absolute atomic E-state index is 12.6. The van der Waals surface area contributed by atoms with E-state index in [9.17, 15) is 4.79 Å². The second kappa shape index (κ2) is 6.98. The van der Waals surface area contributed by atoms with Crippen LogP contribution in [0.2, 0.25) is 5.02 Å². The summed E-state index contributed by atoms with van der Waals surface area (Å²) in [5.41, 5.74) is 4.12. The fraction of sp³-hybridized carbons (Fsp3) is 0.0500. The fourth-order valence-corrected chi connectivity index (χ4v) is 3.05.